The molecule has 0 aromatic heterocycles. The summed E-state index contributed by atoms with van der Waals surface area (Å²) in [7, 11) is 0. The van der Waals surface area contributed by atoms with Crippen LogP contribution in [-0.4, -0.2) is 23.4 Å². The predicted octanol–water partition coefficient (Wildman–Crippen LogP) is 9.82. The Balaban J connectivity index is 0.000000280. The Kier molecular flexibility index (Phi) is 8.87. The third-order valence-electron chi connectivity index (χ3n) is 13.1. The van der Waals surface area contributed by atoms with Gasteiger partial charge in [-0.2, -0.15) is 0 Å². The van der Waals surface area contributed by atoms with Crippen LogP contribution in [0.15, 0.2) is 0 Å². The highest BCUT2D eigenvalue weighted by atomic mass is 16.5. The lowest BCUT2D eigenvalue weighted by atomic mass is 9.31. The molecular weight excluding hydrogens is 440 g/mol. The molecule has 36 heavy (non-hydrogen) atoms. The van der Waals surface area contributed by atoms with Gasteiger partial charge in [0, 0.05) is 6.61 Å². The molecule has 3 unspecified atom stereocenters. The smallest absolute Gasteiger partial charge is 0.0856 e. The van der Waals surface area contributed by atoms with E-state index in [0.717, 1.165) is 30.6 Å². The molecule has 1 N–H and O–H groups in total. The van der Waals surface area contributed by atoms with Crippen LogP contribution in [0.5, 0.6) is 0 Å². The highest BCUT2D eigenvalue weighted by molar-refractivity contribution is 5.19. The van der Waals surface area contributed by atoms with Gasteiger partial charge in [-0.25, -0.2) is 0 Å². The van der Waals surface area contributed by atoms with E-state index in [1.165, 1.54) is 64.2 Å². The maximum absolute atomic E-state index is 9.61. The maximum atomic E-state index is 9.61. The van der Waals surface area contributed by atoms with Gasteiger partial charge in [-0.05, 0) is 123 Å². The SMILES string of the molecule is CC(C)[C@@]12CC[C@]3(C)CCC[C@@]3(C)[C@@H]1CCC1C(C)(C)CCCC12C.CCCC(OCC)C(C)(C)O. The summed E-state index contributed by atoms with van der Waals surface area (Å²) in [5, 5.41) is 9.61. The van der Waals surface area contributed by atoms with Crippen molar-refractivity contribution in [3.8, 4) is 0 Å². The van der Waals surface area contributed by atoms with Crippen molar-refractivity contribution in [2.45, 2.75) is 165 Å². The second-order valence-corrected chi connectivity index (χ2v) is 15.9. The molecule has 0 heterocycles. The fourth-order valence-electron chi connectivity index (χ4n) is 11.1. The first-order valence-corrected chi connectivity index (χ1v) is 15.9. The zero-order valence-electron chi connectivity index (χ0n) is 26.4. The van der Waals surface area contributed by atoms with E-state index in [4.69, 9.17) is 4.74 Å². The number of rotatable bonds is 6. The summed E-state index contributed by atoms with van der Waals surface area (Å²) < 4.78 is 5.40. The van der Waals surface area contributed by atoms with Gasteiger partial charge in [0.1, 0.15) is 0 Å². The zero-order valence-corrected chi connectivity index (χ0v) is 26.4. The van der Waals surface area contributed by atoms with Gasteiger partial charge >= 0.3 is 0 Å². The van der Waals surface area contributed by atoms with E-state index in [1.54, 1.807) is 13.8 Å². The Labute approximate surface area is 226 Å². The van der Waals surface area contributed by atoms with Gasteiger partial charge in [0.05, 0.1) is 11.7 Å². The molecule has 4 rings (SSSR count). The number of fused-ring (bicyclic) bond motifs is 5. The van der Waals surface area contributed by atoms with Crippen molar-refractivity contribution in [1.29, 1.82) is 0 Å². The summed E-state index contributed by atoms with van der Waals surface area (Å²) in [5.74, 6) is 2.75. The fraction of sp³-hybridized carbons (Fsp3) is 1.00. The van der Waals surface area contributed by atoms with Crippen molar-refractivity contribution in [1.82, 2.24) is 0 Å². The maximum Gasteiger partial charge on any atom is 0.0856 e. The quantitative estimate of drug-likeness (QED) is 0.390. The lowest BCUT2D eigenvalue weighted by molar-refractivity contribution is -0.248. The number of hydrogen-bond acceptors (Lipinski definition) is 2. The molecule has 0 spiro atoms. The molecule has 2 nitrogen and oxygen atoms in total. The van der Waals surface area contributed by atoms with E-state index < -0.39 is 5.60 Å². The summed E-state index contributed by atoms with van der Waals surface area (Å²) in [4.78, 5) is 0. The lowest BCUT2D eigenvalue weighted by Gasteiger charge is -2.73. The molecule has 4 saturated carbocycles. The minimum Gasteiger partial charge on any atom is -0.388 e. The number of ether oxygens (including phenoxy) is 1. The molecule has 4 aliphatic carbocycles. The van der Waals surface area contributed by atoms with Crippen molar-refractivity contribution >= 4 is 0 Å². The molecule has 2 heteroatoms. The second kappa shape index (κ2) is 10.5. The monoisotopic (exact) mass is 504 g/mol. The topological polar surface area (TPSA) is 29.5 Å². The van der Waals surface area contributed by atoms with Crippen LogP contribution in [0.3, 0.4) is 0 Å². The molecule has 4 aliphatic rings. The van der Waals surface area contributed by atoms with E-state index in [9.17, 15) is 5.11 Å². The van der Waals surface area contributed by atoms with E-state index in [0.29, 0.717) is 33.7 Å². The van der Waals surface area contributed by atoms with Crippen LogP contribution in [0.1, 0.15) is 153 Å². The minimum atomic E-state index is -0.702. The van der Waals surface area contributed by atoms with E-state index in [1.807, 2.05) is 6.92 Å². The first kappa shape index (κ1) is 30.5. The standard InChI is InChI=1S/C25H44.C9H20O2/c1-18(2)25-17-16-22(5)13-9-14-23(22,6)20(25)11-10-19-21(3,4)12-8-15-24(19,25)7;1-5-7-8(11-6-2)9(3,4)10/h18-20H,8-17H2,1-7H3;8,10H,5-7H2,1-4H3/t19?,20-,22-,23-,24?,25-;/m0./s1. The van der Waals surface area contributed by atoms with Crippen molar-refractivity contribution in [2.75, 3.05) is 6.61 Å². The van der Waals surface area contributed by atoms with E-state index in [-0.39, 0.29) is 6.10 Å². The molecule has 7 atom stereocenters. The van der Waals surface area contributed by atoms with Gasteiger partial charge in [0.2, 0.25) is 0 Å². The molecular formula is C34H64O2. The minimum absolute atomic E-state index is 0.0162. The summed E-state index contributed by atoms with van der Waals surface area (Å²) in [6.45, 7) is 26.9. The van der Waals surface area contributed by atoms with Gasteiger partial charge in [-0.1, -0.05) is 74.7 Å². The lowest BCUT2D eigenvalue weighted by Crippen LogP contribution is -2.66. The average Bonchev–Trinajstić information content (AvgIpc) is 3.07. The van der Waals surface area contributed by atoms with E-state index >= 15 is 0 Å². The third kappa shape index (κ3) is 4.76. The van der Waals surface area contributed by atoms with Crippen molar-refractivity contribution in [3.05, 3.63) is 0 Å². The molecule has 0 aliphatic heterocycles. The Bertz CT molecular complexity index is 728. The Morgan fingerprint density at radius 3 is 1.94 bits per heavy atom. The molecule has 0 bridgehead atoms. The van der Waals surface area contributed by atoms with Crippen molar-refractivity contribution < 1.29 is 9.84 Å². The first-order valence-electron chi connectivity index (χ1n) is 15.9. The van der Waals surface area contributed by atoms with Gasteiger partial charge in [-0.15, -0.1) is 0 Å². The summed E-state index contributed by atoms with van der Waals surface area (Å²) in [6.07, 6.45) is 16.9. The van der Waals surface area contributed by atoms with Crippen LogP contribution >= 0.6 is 0 Å². The third-order valence-corrected chi connectivity index (χ3v) is 13.1. The molecule has 0 amide bonds. The van der Waals surface area contributed by atoms with Crippen LogP contribution in [0, 0.1) is 44.8 Å². The van der Waals surface area contributed by atoms with Gasteiger partial charge in [-0.3, -0.25) is 0 Å². The zero-order chi connectivity index (χ0) is 27.2. The van der Waals surface area contributed by atoms with Crippen LogP contribution in [0.25, 0.3) is 0 Å². The van der Waals surface area contributed by atoms with E-state index in [2.05, 4.69) is 55.4 Å². The van der Waals surface area contributed by atoms with Crippen molar-refractivity contribution in [2.24, 2.45) is 44.8 Å². The Morgan fingerprint density at radius 2 is 1.39 bits per heavy atom. The fourth-order valence-corrected chi connectivity index (χ4v) is 11.1. The van der Waals surface area contributed by atoms with Crippen LogP contribution in [0.2, 0.25) is 0 Å². The highest BCUT2D eigenvalue weighted by Crippen LogP contribution is 2.78. The van der Waals surface area contributed by atoms with Crippen LogP contribution in [-0.2, 0) is 4.74 Å². The number of aliphatic hydroxyl groups is 1. The summed E-state index contributed by atoms with van der Waals surface area (Å²) >= 11 is 0. The molecule has 0 radical (unpaired) electrons. The molecule has 4 fully saturated rings. The largest absolute Gasteiger partial charge is 0.388 e. The summed E-state index contributed by atoms with van der Waals surface area (Å²) in [6, 6.07) is 0. The Morgan fingerprint density at radius 1 is 0.806 bits per heavy atom. The average molecular weight is 505 g/mol. The van der Waals surface area contributed by atoms with Crippen molar-refractivity contribution in [3.63, 3.8) is 0 Å². The normalized spacial score (nSPS) is 42.6. The van der Waals surface area contributed by atoms with Crippen LogP contribution < -0.4 is 0 Å². The highest BCUT2D eigenvalue weighted by Gasteiger charge is 2.71. The van der Waals surface area contributed by atoms with Crippen LogP contribution in [0.4, 0.5) is 0 Å². The van der Waals surface area contributed by atoms with Gasteiger partial charge in [0.15, 0.2) is 0 Å². The molecule has 0 aromatic carbocycles. The first-order chi connectivity index (χ1) is 16.6. The molecule has 0 aromatic rings. The van der Waals surface area contributed by atoms with Gasteiger partial charge in [0.25, 0.3) is 0 Å². The summed E-state index contributed by atoms with van der Waals surface area (Å²) in [5.41, 5.74) is 2.24. The molecule has 0 saturated heterocycles. The van der Waals surface area contributed by atoms with Gasteiger partial charge < -0.3 is 9.84 Å². The Hall–Kier alpha value is -0.0800. The molecule has 212 valence electrons. The number of hydrogen-bond donors (Lipinski definition) is 1. The predicted molar refractivity (Wildman–Crippen MR) is 155 cm³/mol. The second-order valence-electron chi connectivity index (χ2n) is 15.9.